The summed E-state index contributed by atoms with van der Waals surface area (Å²) in [7, 11) is 0. The number of rotatable bonds is 4. The Morgan fingerprint density at radius 2 is 1.23 bits per heavy atom. The van der Waals surface area contributed by atoms with Crippen molar-refractivity contribution in [2.45, 2.75) is 0 Å². The van der Waals surface area contributed by atoms with Crippen molar-refractivity contribution in [1.82, 2.24) is 14.5 Å². The van der Waals surface area contributed by atoms with Gasteiger partial charge in [0, 0.05) is 37.9 Å². The second kappa shape index (κ2) is 9.30. The predicted octanol–water partition coefficient (Wildman–Crippen LogP) is 9.79. The first-order valence-corrected chi connectivity index (χ1v) is 14.2. The van der Waals surface area contributed by atoms with Crippen molar-refractivity contribution in [2.24, 2.45) is 0 Å². The highest BCUT2D eigenvalue weighted by Gasteiger charge is 2.16. The first-order chi connectivity index (χ1) is 19.8. The third-order valence-corrected chi connectivity index (χ3v) is 8.43. The SMILES string of the molecule is c1ccc(-c2cc(-c3cccc(-n4c5ccccc5c5c6sccc6ccc54)c3)nc(-c3ccccc3)n2)cc1. The number of hydrogen-bond acceptors (Lipinski definition) is 3. The minimum absolute atomic E-state index is 0.722. The maximum atomic E-state index is 5.06. The Hall–Kier alpha value is -5.06. The first kappa shape index (κ1) is 22.9. The molecule has 0 radical (unpaired) electrons. The van der Waals surface area contributed by atoms with Crippen molar-refractivity contribution in [3.8, 4) is 39.6 Å². The van der Waals surface area contributed by atoms with Crippen LogP contribution in [-0.4, -0.2) is 14.5 Å². The maximum absolute atomic E-state index is 5.06. The number of thiophene rings is 1. The van der Waals surface area contributed by atoms with Gasteiger partial charge in [-0.2, -0.15) is 0 Å². The van der Waals surface area contributed by atoms with Crippen molar-refractivity contribution >= 4 is 43.2 Å². The van der Waals surface area contributed by atoms with E-state index in [-0.39, 0.29) is 0 Å². The molecule has 0 atom stereocenters. The van der Waals surface area contributed by atoms with Gasteiger partial charge < -0.3 is 4.57 Å². The lowest BCUT2D eigenvalue weighted by Gasteiger charge is -2.12. The Morgan fingerprint density at radius 1 is 0.525 bits per heavy atom. The molecule has 0 aliphatic rings. The molecule has 0 fully saturated rings. The van der Waals surface area contributed by atoms with Crippen LogP contribution in [0.5, 0.6) is 0 Å². The van der Waals surface area contributed by atoms with Gasteiger partial charge in [0.2, 0.25) is 0 Å². The molecule has 8 rings (SSSR count). The summed E-state index contributed by atoms with van der Waals surface area (Å²) in [6.07, 6.45) is 0. The molecule has 3 nitrogen and oxygen atoms in total. The fourth-order valence-electron chi connectivity index (χ4n) is 5.63. The summed E-state index contributed by atoms with van der Waals surface area (Å²) in [6, 6.07) is 46.7. The molecule has 5 aromatic carbocycles. The van der Waals surface area contributed by atoms with Crippen LogP contribution in [0.1, 0.15) is 0 Å². The van der Waals surface area contributed by atoms with Crippen molar-refractivity contribution in [1.29, 1.82) is 0 Å². The van der Waals surface area contributed by atoms with Crippen LogP contribution in [0.4, 0.5) is 0 Å². The quantitative estimate of drug-likeness (QED) is 0.227. The molecule has 8 aromatic rings. The molecule has 188 valence electrons. The summed E-state index contributed by atoms with van der Waals surface area (Å²) in [4.78, 5) is 10.0. The highest BCUT2D eigenvalue weighted by atomic mass is 32.1. The largest absolute Gasteiger partial charge is 0.309 e. The van der Waals surface area contributed by atoms with E-state index in [0.29, 0.717) is 0 Å². The Labute approximate surface area is 235 Å². The molecule has 0 N–H and O–H groups in total. The minimum atomic E-state index is 0.722. The molecular weight excluding hydrogens is 506 g/mol. The van der Waals surface area contributed by atoms with E-state index < -0.39 is 0 Å². The van der Waals surface area contributed by atoms with E-state index in [0.717, 1.165) is 39.6 Å². The standard InChI is InChI=1S/C36H23N3S/c1-3-10-24(11-4-1)30-23-31(38-36(37-30)26-12-5-2-6-13-26)27-14-9-15-28(22-27)39-32-17-8-7-16-29(32)34-33(39)19-18-25-20-21-40-35(25)34/h1-23H. The van der Waals surface area contributed by atoms with Gasteiger partial charge in [-0.3, -0.25) is 0 Å². The monoisotopic (exact) mass is 529 g/mol. The molecule has 0 amide bonds. The van der Waals surface area contributed by atoms with Gasteiger partial charge in [0.25, 0.3) is 0 Å². The second-order valence-electron chi connectivity index (χ2n) is 9.90. The van der Waals surface area contributed by atoms with Crippen LogP contribution >= 0.6 is 11.3 Å². The highest BCUT2D eigenvalue weighted by Crippen LogP contribution is 2.39. The third-order valence-electron chi connectivity index (χ3n) is 7.48. The molecule has 3 heterocycles. The van der Waals surface area contributed by atoms with E-state index in [4.69, 9.17) is 9.97 Å². The molecule has 0 spiro atoms. The zero-order chi connectivity index (χ0) is 26.5. The summed E-state index contributed by atoms with van der Waals surface area (Å²) in [5.41, 5.74) is 8.46. The van der Waals surface area contributed by atoms with Gasteiger partial charge in [-0.05, 0) is 47.2 Å². The molecule has 0 bridgehead atoms. The van der Waals surface area contributed by atoms with Crippen molar-refractivity contribution in [2.75, 3.05) is 0 Å². The topological polar surface area (TPSA) is 30.7 Å². The number of para-hydroxylation sites is 1. The summed E-state index contributed by atoms with van der Waals surface area (Å²) in [5, 5.41) is 6.06. The Bertz CT molecular complexity index is 2100. The van der Waals surface area contributed by atoms with Gasteiger partial charge in [0.05, 0.1) is 22.4 Å². The van der Waals surface area contributed by atoms with Crippen LogP contribution in [0, 0.1) is 0 Å². The minimum Gasteiger partial charge on any atom is -0.309 e. The van der Waals surface area contributed by atoms with Gasteiger partial charge >= 0.3 is 0 Å². The van der Waals surface area contributed by atoms with E-state index in [1.807, 2.05) is 47.7 Å². The summed E-state index contributed by atoms with van der Waals surface area (Å²) in [5.74, 6) is 0.722. The molecule has 0 aliphatic heterocycles. The number of aromatic nitrogens is 3. The maximum Gasteiger partial charge on any atom is 0.160 e. The number of fused-ring (bicyclic) bond motifs is 5. The molecular formula is C36H23N3S. The van der Waals surface area contributed by atoms with Crippen LogP contribution < -0.4 is 0 Å². The molecule has 4 heteroatoms. The Morgan fingerprint density at radius 3 is 2.05 bits per heavy atom. The van der Waals surface area contributed by atoms with E-state index >= 15 is 0 Å². The Kier molecular flexibility index (Phi) is 5.32. The highest BCUT2D eigenvalue weighted by molar-refractivity contribution is 7.18. The fraction of sp³-hybridized carbons (Fsp3) is 0. The molecule has 3 aromatic heterocycles. The van der Waals surface area contributed by atoms with E-state index in [9.17, 15) is 0 Å². The second-order valence-corrected chi connectivity index (χ2v) is 10.8. The lowest BCUT2D eigenvalue weighted by molar-refractivity contribution is 1.16. The van der Waals surface area contributed by atoms with Gasteiger partial charge in [-0.15, -0.1) is 11.3 Å². The molecule has 0 aliphatic carbocycles. The summed E-state index contributed by atoms with van der Waals surface area (Å²) >= 11 is 1.81. The zero-order valence-electron chi connectivity index (χ0n) is 21.5. The average Bonchev–Trinajstić information content (AvgIpc) is 3.64. The molecule has 40 heavy (non-hydrogen) atoms. The number of hydrogen-bond donors (Lipinski definition) is 0. The summed E-state index contributed by atoms with van der Waals surface area (Å²) in [6.45, 7) is 0. The van der Waals surface area contributed by atoms with Gasteiger partial charge in [0.1, 0.15) is 0 Å². The average molecular weight is 530 g/mol. The van der Waals surface area contributed by atoms with Gasteiger partial charge in [-0.1, -0.05) is 97.1 Å². The van der Waals surface area contributed by atoms with Gasteiger partial charge in [-0.25, -0.2) is 9.97 Å². The van der Waals surface area contributed by atoms with Crippen molar-refractivity contribution in [3.63, 3.8) is 0 Å². The molecule has 0 unspecified atom stereocenters. The summed E-state index contributed by atoms with van der Waals surface area (Å²) < 4.78 is 3.71. The Balaban J connectivity index is 1.35. The smallest absolute Gasteiger partial charge is 0.160 e. The van der Waals surface area contributed by atoms with Crippen LogP contribution in [0.25, 0.3) is 71.5 Å². The lowest BCUT2D eigenvalue weighted by atomic mass is 10.1. The molecule has 0 saturated carbocycles. The predicted molar refractivity (Wildman–Crippen MR) is 168 cm³/mol. The number of benzene rings is 5. The van der Waals surface area contributed by atoms with Crippen molar-refractivity contribution in [3.05, 3.63) is 139 Å². The lowest BCUT2D eigenvalue weighted by Crippen LogP contribution is -1.97. The van der Waals surface area contributed by atoms with Crippen LogP contribution in [0.3, 0.4) is 0 Å². The normalized spacial score (nSPS) is 11.5. The molecule has 0 saturated heterocycles. The van der Waals surface area contributed by atoms with E-state index in [1.54, 1.807) is 0 Å². The van der Waals surface area contributed by atoms with Gasteiger partial charge in [0.15, 0.2) is 5.82 Å². The van der Waals surface area contributed by atoms with Crippen LogP contribution in [0.2, 0.25) is 0 Å². The fourth-order valence-corrected chi connectivity index (χ4v) is 6.58. The van der Waals surface area contributed by atoms with Crippen LogP contribution in [-0.2, 0) is 0 Å². The first-order valence-electron chi connectivity index (χ1n) is 13.3. The zero-order valence-corrected chi connectivity index (χ0v) is 22.3. The third kappa shape index (κ3) is 3.73. The van der Waals surface area contributed by atoms with E-state index in [2.05, 4.69) is 107 Å². The van der Waals surface area contributed by atoms with E-state index in [1.165, 1.54) is 31.9 Å². The number of nitrogens with zero attached hydrogens (tertiary/aromatic N) is 3. The van der Waals surface area contributed by atoms with Crippen molar-refractivity contribution < 1.29 is 0 Å². The van der Waals surface area contributed by atoms with Crippen LogP contribution in [0.15, 0.2) is 139 Å².